The van der Waals surface area contributed by atoms with E-state index in [1.54, 1.807) is 11.3 Å². The van der Waals surface area contributed by atoms with Crippen molar-refractivity contribution in [2.75, 3.05) is 0 Å². The lowest BCUT2D eigenvalue weighted by atomic mass is 10.1. The van der Waals surface area contributed by atoms with Crippen molar-refractivity contribution in [3.63, 3.8) is 0 Å². The Kier molecular flexibility index (Phi) is 6.09. The lowest BCUT2D eigenvalue weighted by Crippen LogP contribution is -1.97. The molecule has 4 heterocycles. The molecule has 0 bridgehead atoms. The Hall–Kier alpha value is -6.56. The summed E-state index contributed by atoms with van der Waals surface area (Å²) in [5.74, 6) is 0.726. The summed E-state index contributed by atoms with van der Waals surface area (Å²) in [6, 6.07) is 60.5. The summed E-state index contributed by atoms with van der Waals surface area (Å²) in [5.41, 5.74) is 10.0. The van der Waals surface area contributed by atoms with E-state index in [1.165, 1.54) is 53.7 Å². The smallest absolute Gasteiger partial charge is 0.161 e. The molecular formula is C46H28N4S. The maximum Gasteiger partial charge on any atom is 0.161 e. The predicted octanol–water partition coefficient (Wildman–Crippen LogP) is 12.4. The Labute approximate surface area is 297 Å². The molecule has 51 heavy (non-hydrogen) atoms. The summed E-state index contributed by atoms with van der Waals surface area (Å²) in [6.45, 7) is 0. The molecular weight excluding hydrogens is 641 g/mol. The zero-order chi connectivity index (χ0) is 33.5. The van der Waals surface area contributed by atoms with Crippen LogP contribution in [0.4, 0.5) is 0 Å². The monoisotopic (exact) mass is 668 g/mol. The molecule has 11 rings (SSSR count). The molecule has 0 spiro atoms. The van der Waals surface area contributed by atoms with Crippen molar-refractivity contribution < 1.29 is 0 Å². The van der Waals surface area contributed by atoms with Crippen LogP contribution in [0.15, 0.2) is 170 Å². The number of fused-ring (bicyclic) bond motifs is 10. The van der Waals surface area contributed by atoms with Crippen LogP contribution in [-0.4, -0.2) is 19.1 Å². The van der Waals surface area contributed by atoms with Gasteiger partial charge in [-0.05, 0) is 54.6 Å². The van der Waals surface area contributed by atoms with Crippen molar-refractivity contribution in [2.45, 2.75) is 0 Å². The molecule has 0 radical (unpaired) electrons. The molecule has 0 fully saturated rings. The fourth-order valence-electron chi connectivity index (χ4n) is 7.99. The Balaban J connectivity index is 1.17. The van der Waals surface area contributed by atoms with Crippen LogP contribution in [0.25, 0.3) is 97.9 Å². The topological polar surface area (TPSA) is 35.6 Å². The summed E-state index contributed by atoms with van der Waals surface area (Å²) >= 11 is 1.73. The van der Waals surface area contributed by atoms with Crippen molar-refractivity contribution in [1.29, 1.82) is 0 Å². The average molecular weight is 669 g/mol. The van der Waals surface area contributed by atoms with E-state index in [4.69, 9.17) is 9.97 Å². The summed E-state index contributed by atoms with van der Waals surface area (Å²) in [6.07, 6.45) is 0. The van der Waals surface area contributed by atoms with Crippen LogP contribution in [-0.2, 0) is 0 Å². The molecule has 4 aromatic heterocycles. The highest BCUT2D eigenvalue weighted by Gasteiger charge is 2.21. The first kappa shape index (κ1) is 28.3. The molecule has 0 aliphatic rings. The molecule has 0 amide bonds. The van der Waals surface area contributed by atoms with Gasteiger partial charge in [0.15, 0.2) is 5.82 Å². The van der Waals surface area contributed by atoms with Gasteiger partial charge in [-0.2, -0.15) is 0 Å². The summed E-state index contributed by atoms with van der Waals surface area (Å²) in [5, 5.41) is 7.31. The Bertz CT molecular complexity index is 3130. The van der Waals surface area contributed by atoms with E-state index in [0.717, 1.165) is 44.2 Å². The first-order chi connectivity index (χ1) is 25.3. The second-order valence-corrected chi connectivity index (χ2v) is 14.0. The standard InChI is InChI=1S/C46H28N4S/c1-3-14-29(15-4-1)44-43-35-22-9-12-25-40(35)51-46(43)48-45(47-44)30-16-13-19-32(28-30)50-37-24-11-8-21-34(37)42-39(50)27-26-38-41(42)33-20-7-10-23-36(33)49(38)31-17-5-2-6-18-31/h1-28H. The van der Waals surface area contributed by atoms with Crippen LogP contribution >= 0.6 is 11.3 Å². The van der Waals surface area contributed by atoms with Gasteiger partial charge < -0.3 is 9.13 Å². The van der Waals surface area contributed by atoms with Gasteiger partial charge in [-0.1, -0.05) is 115 Å². The molecule has 7 aromatic carbocycles. The minimum absolute atomic E-state index is 0.726. The predicted molar refractivity (Wildman–Crippen MR) is 214 cm³/mol. The Morgan fingerprint density at radius 2 is 0.941 bits per heavy atom. The normalized spacial score (nSPS) is 11.9. The van der Waals surface area contributed by atoms with E-state index >= 15 is 0 Å². The maximum absolute atomic E-state index is 5.30. The van der Waals surface area contributed by atoms with Gasteiger partial charge in [0.2, 0.25) is 0 Å². The number of hydrogen-bond donors (Lipinski definition) is 0. The van der Waals surface area contributed by atoms with Crippen LogP contribution in [0.5, 0.6) is 0 Å². The molecule has 0 saturated heterocycles. The molecule has 4 nitrogen and oxygen atoms in total. The lowest BCUT2D eigenvalue weighted by molar-refractivity contribution is 1.17. The van der Waals surface area contributed by atoms with Crippen LogP contribution in [0.3, 0.4) is 0 Å². The first-order valence-corrected chi connectivity index (χ1v) is 18.0. The summed E-state index contributed by atoms with van der Waals surface area (Å²) < 4.78 is 6.01. The molecule has 0 unspecified atom stereocenters. The van der Waals surface area contributed by atoms with E-state index in [0.29, 0.717) is 0 Å². The zero-order valence-corrected chi connectivity index (χ0v) is 28.2. The first-order valence-electron chi connectivity index (χ1n) is 17.2. The third-order valence-electron chi connectivity index (χ3n) is 10.1. The average Bonchev–Trinajstić information content (AvgIpc) is 3.86. The van der Waals surface area contributed by atoms with Crippen molar-refractivity contribution in [1.82, 2.24) is 19.1 Å². The van der Waals surface area contributed by atoms with Crippen LogP contribution in [0, 0.1) is 0 Å². The molecule has 0 saturated carbocycles. The molecule has 0 aliphatic carbocycles. The molecule has 0 atom stereocenters. The fourth-order valence-corrected chi connectivity index (χ4v) is 9.07. The molecule has 0 aliphatic heterocycles. The minimum atomic E-state index is 0.726. The van der Waals surface area contributed by atoms with Gasteiger partial charge in [-0.3, -0.25) is 0 Å². The van der Waals surface area contributed by atoms with E-state index < -0.39 is 0 Å². The van der Waals surface area contributed by atoms with Crippen LogP contribution < -0.4 is 0 Å². The SMILES string of the molecule is c1ccc(-c2nc(-c3cccc(-n4c5ccccc5c5c6c7ccccc7n(-c7ccccc7)c6ccc54)c3)nc3sc4ccccc4c23)cc1. The van der Waals surface area contributed by atoms with Crippen molar-refractivity contribution in [3.8, 4) is 34.0 Å². The number of rotatable bonds is 4. The van der Waals surface area contributed by atoms with E-state index in [1.807, 2.05) is 0 Å². The number of thiophene rings is 1. The second kappa shape index (κ2) is 11.0. The minimum Gasteiger partial charge on any atom is -0.309 e. The maximum atomic E-state index is 5.30. The van der Waals surface area contributed by atoms with Crippen molar-refractivity contribution in [3.05, 3.63) is 170 Å². The van der Waals surface area contributed by atoms with Crippen LogP contribution in [0.2, 0.25) is 0 Å². The Morgan fingerprint density at radius 1 is 0.392 bits per heavy atom. The third kappa shape index (κ3) is 4.19. The van der Waals surface area contributed by atoms with Gasteiger partial charge in [0.1, 0.15) is 4.83 Å². The van der Waals surface area contributed by atoms with Gasteiger partial charge in [0, 0.05) is 59.5 Å². The van der Waals surface area contributed by atoms with Gasteiger partial charge in [-0.25, -0.2) is 9.97 Å². The van der Waals surface area contributed by atoms with Gasteiger partial charge in [0.05, 0.1) is 27.8 Å². The number of benzene rings is 7. The number of aromatic nitrogens is 4. The highest BCUT2D eigenvalue weighted by atomic mass is 32.1. The Morgan fingerprint density at radius 3 is 1.65 bits per heavy atom. The number of hydrogen-bond acceptors (Lipinski definition) is 3. The van der Waals surface area contributed by atoms with Crippen LogP contribution in [0.1, 0.15) is 0 Å². The summed E-state index contributed by atoms with van der Waals surface area (Å²) in [7, 11) is 0. The van der Waals surface area contributed by atoms with Crippen molar-refractivity contribution >= 4 is 75.3 Å². The number of nitrogens with zero attached hydrogens (tertiary/aromatic N) is 4. The molecule has 5 heteroatoms. The third-order valence-corrected chi connectivity index (χ3v) is 11.2. The van der Waals surface area contributed by atoms with E-state index in [-0.39, 0.29) is 0 Å². The highest BCUT2D eigenvalue weighted by Crippen LogP contribution is 2.43. The van der Waals surface area contributed by atoms with Crippen molar-refractivity contribution in [2.24, 2.45) is 0 Å². The van der Waals surface area contributed by atoms with E-state index in [9.17, 15) is 0 Å². The summed E-state index contributed by atoms with van der Waals surface area (Å²) in [4.78, 5) is 11.5. The molecule has 238 valence electrons. The lowest BCUT2D eigenvalue weighted by Gasteiger charge is -2.11. The zero-order valence-electron chi connectivity index (χ0n) is 27.4. The van der Waals surface area contributed by atoms with Gasteiger partial charge in [-0.15, -0.1) is 11.3 Å². The van der Waals surface area contributed by atoms with Gasteiger partial charge in [0.25, 0.3) is 0 Å². The molecule has 0 N–H and O–H groups in total. The quantitative estimate of drug-likeness (QED) is 0.187. The fraction of sp³-hybridized carbons (Fsp3) is 0. The highest BCUT2D eigenvalue weighted by molar-refractivity contribution is 7.25. The molecule has 11 aromatic rings. The van der Waals surface area contributed by atoms with E-state index in [2.05, 4.69) is 179 Å². The van der Waals surface area contributed by atoms with Gasteiger partial charge >= 0.3 is 0 Å². The number of para-hydroxylation sites is 3. The largest absolute Gasteiger partial charge is 0.309 e. The second-order valence-electron chi connectivity index (χ2n) is 13.0.